The molecule has 0 bridgehead atoms. The van der Waals surface area contributed by atoms with Crippen molar-refractivity contribution in [2.24, 2.45) is 0 Å². The van der Waals surface area contributed by atoms with Gasteiger partial charge >= 0.3 is 0 Å². The third-order valence-corrected chi connectivity index (χ3v) is 4.78. The van der Waals surface area contributed by atoms with Gasteiger partial charge in [-0.05, 0) is 29.8 Å². The van der Waals surface area contributed by atoms with Gasteiger partial charge in [-0.25, -0.2) is 4.98 Å². The largest absolute Gasteiger partial charge is 0.252 e. The van der Waals surface area contributed by atoms with Crippen LogP contribution in [0.1, 0.15) is 5.56 Å². The van der Waals surface area contributed by atoms with Gasteiger partial charge in [0.15, 0.2) is 0 Å². The van der Waals surface area contributed by atoms with E-state index in [9.17, 15) is 4.21 Å². The number of nitrogens with zero attached hydrogens (tertiary/aromatic N) is 1. The molecule has 4 heteroatoms. The molecule has 0 saturated carbocycles. The summed E-state index contributed by atoms with van der Waals surface area (Å²) in [6, 6.07) is 19.5. The highest BCUT2D eigenvalue weighted by atomic mass is 79.9. The first-order valence-electron chi connectivity index (χ1n) is 6.21. The summed E-state index contributed by atoms with van der Waals surface area (Å²) >= 11 is 3.44. The number of aromatic nitrogens is 1. The van der Waals surface area contributed by atoms with Gasteiger partial charge in [-0.15, -0.1) is 0 Å². The van der Waals surface area contributed by atoms with Crippen molar-refractivity contribution < 1.29 is 4.21 Å². The highest BCUT2D eigenvalue weighted by molar-refractivity contribution is 9.10. The van der Waals surface area contributed by atoms with Crippen molar-refractivity contribution in [1.82, 2.24) is 4.98 Å². The smallest absolute Gasteiger partial charge is 0.128 e. The quantitative estimate of drug-likeness (QED) is 0.708. The fraction of sp³-hybridized carbons (Fsp3) is 0.0625. The van der Waals surface area contributed by atoms with Gasteiger partial charge in [0.05, 0.1) is 22.1 Å². The second-order valence-corrected chi connectivity index (χ2v) is 6.78. The zero-order valence-electron chi connectivity index (χ0n) is 10.6. The maximum atomic E-state index is 12.4. The molecule has 0 radical (unpaired) electrons. The zero-order valence-corrected chi connectivity index (χ0v) is 13.0. The Hall–Kier alpha value is -1.52. The summed E-state index contributed by atoms with van der Waals surface area (Å²) in [5.41, 5.74) is 1.93. The van der Waals surface area contributed by atoms with E-state index < -0.39 is 10.8 Å². The van der Waals surface area contributed by atoms with E-state index in [0.717, 1.165) is 20.9 Å². The summed E-state index contributed by atoms with van der Waals surface area (Å²) in [6.45, 7) is 0. The Balaban J connectivity index is 1.90. The molecule has 3 rings (SSSR count). The first-order valence-corrected chi connectivity index (χ1v) is 8.32. The van der Waals surface area contributed by atoms with E-state index >= 15 is 0 Å². The van der Waals surface area contributed by atoms with Gasteiger partial charge in [0.1, 0.15) is 5.03 Å². The highest BCUT2D eigenvalue weighted by Gasteiger charge is 2.07. The number of benzene rings is 2. The molecule has 1 heterocycles. The monoisotopic (exact) mass is 345 g/mol. The van der Waals surface area contributed by atoms with Gasteiger partial charge in [-0.3, -0.25) is 4.21 Å². The predicted octanol–water partition coefficient (Wildman–Crippen LogP) is 4.31. The Bertz CT molecular complexity index is 774. The fourth-order valence-electron chi connectivity index (χ4n) is 2.00. The first-order chi connectivity index (χ1) is 9.72. The van der Waals surface area contributed by atoms with Crippen LogP contribution in [0.15, 0.2) is 70.2 Å². The van der Waals surface area contributed by atoms with Crippen LogP contribution in [-0.4, -0.2) is 9.19 Å². The molecular weight excluding hydrogens is 334 g/mol. The van der Waals surface area contributed by atoms with Crippen LogP contribution in [0.25, 0.3) is 10.9 Å². The van der Waals surface area contributed by atoms with Crippen molar-refractivity contribution in [2.75, 3.05) is 0 Å². The number of fused-ring (bicyclic) bond motifs is 1. The van der Waals surface area contributed by atoms with Gasteiger partial charge < -0.3 is 0 Å². The topological polar surface area (TPSA) is 30.0 Å². The lowest BCUT2D eigenvalue weighted by Crippen LogP contribution is -1.99. The lowest BCUT2D eigenvalue weighted by atomic mass is 10.2. The van der Waals surface area contributed by atoms with Crippen molar-refractivity contribution in [3.63, 3.8) is 0 Å². The second-order valence-electron chi connectivity index (χ2n) is 4.46. The van der Waals surface area contributed by atoms with E-state index in [0.29, 0.717) is 10.8 Å². The lowest BCUT2D eigenvalue weighted by molar-refractivity contribution is 0.680. The minimum atomic E-state index is -1.12. The summed E-state index contributed by atoms with van der Waals surface area (Å²) in [5.74, 6) is 0.496. The van der Waals surface area contributed by atoms with Crippen LogP contribution >= 0.6 is 15.9 Å². The maximum absolute atomic E-state index is 12.4. The lowest BCUT2D eigenvalue weighted by Gasteiger charge is -2.04. The van der Waals surface area contributed by atoms with E-state index in [1.807, 2.05) is 60.7 Å². The molecule has 2 nitrogen and oxygen atoms in total. The zero-order chi connectivity index (χ0) is 13.9. The predicted molar refractivity (Wildman–Crippen MR) is 86.0 cm³/mol. The van der Waals surface area contributed by atoms with Crippen LogP contribution in [0.2, 0.25) is 0 Å². The van der Waals surface area contributed by atoms with Crippen LogP contribution < -0.4 is 0 Å². The summed E-state index contributed by atoms with van der Waals surface area (Å²) in [4.78, 5) is 4.49. The number of hydrogen-bond donors (Lipinski definition) is 0. The third-order valence-electron chi connectivity index (χ3n) is 3.00. The molecule has 20 heavy (non-hydrogen) atoms. The Morgan fingerprint density at radius 1 is 1.00 bits per heavy atom. The molecular formula is C16H12BrNOS. The molecule has 0 aliphatic rings. The summed E-state index contributed by atoms with van der Waals surface area (Å²) in [6.07, 6.45) is 0. The standard InChI is InChI=1S/C16H12BrNOS/c17-14-7-8-15-13(10-14)6-9-16(18-15)20(19)11-12-4-2-1-3-5-12/h1-10H,11H2. The second kappa shape index (κ2) is 5.85. The van der Waals surface area contributed by atoms with Crippen LogP contribution in [0.3, 0.4) is 0 Å². The molecule has 0 saturated heterocycles. The van der Waals surface area contributed by atoms with E-state index in [1.54, 1.807) is 0 Å². The molecule has 0 spiro atoms. The Labute approximate surface area is 128 Å². The van der Waals surface area contributed by atoms with Crippen molar-refractivity contribution in [2.45, 2.75) is 10.8 Å². The molecule has 0 aliphatic heterocycles. The van der Waals surface area contributed by atoms with E-state index in [2.05, 4.69) is 20.9 Å². The first kappa shape index (κ1) is 13.5. The molecule has 0 aliphatic carbocycles. The fourth-order valence-corrected chi connectivity index (χ4v) is 3.45. The molecule has 2 aromatic carbocycles. The summed E-state index contributed by atoms with van der Waals surface area (Å²) in [5, 5.41) is 1.67. The molecule has 1 unspecified atom stereocenters. The van der Waals surface area contributed by atoms with Crippen molar-refractivity contribution in [3.8, 4) is 0 Å². The van der Waals surface area contributed by atoms with Gasteiger partial charge in [0.2, 0.25) is 0 Å². The molecule has 0 amide bonds. The molecule has 0 N–H and O–H groups in total. The number of pyridine rings is 1. The van der Waals surface area contributed by atoms with Crippen LogP contribution in [0.4, 0.5) is 0 Å². The van der Waals surface area contributed by atoms with Gasteiger partial charge in [-0.2, -0.15) is 0 Å². The Kier molecular flexibility index (Phi) is 3.94. The van der Waals surface area contributed by atoms with E-state index in [1.165, 1.54) is 0 Å². The normalized spacial score (nSPS) is 12.4. The Morgan fingerprint density at radius 2 is 1.80 bits per heavy atom. The SMILES string of the molecule is O=S(Cc1ccccc1)c1ccc2cc(Br)ccc2n1. The van der Waals surface area contributed by atoms with Crippen LogP contribution in [-0.2, 0) is 16.6 Å². The average molecular weight is 346 g/mol. The minimum Gasteiger partial charge on any atom is -0.252 e. The Morgan fingerprint density at radius 3 is 2.60 bits per heavy atom. The maximum Gasteiger partial charge on any atom is 0.128 e. The van der Waals surface area contributed by atoms with Crippen molar-refractivity contribution in [3.05, 3.63) is 70.7 Å². The van der Waals surface area contributed by atoms with E-state index in [-0.39, 0.29) is 0 Å². The van der Waals surface area contributed by atoms with Crippen LogP contribution in [0.5, 0.6) is 0 Å². The molecule has 1 aromatic heterocycles. The van der Waals surface area contributed by atoms with Gasteiger partial charge in [0, 0.05) is 9.86 Å². The summed E-state index contributed by atoms with van der Waals surface area (Å²) in [7, 11) is -1.12. The number of hydrogen-bond acceptors (Lipinski definition) is 2. The highest BCUT2D eigenvalue weighted by Crippen LogP contribution is 2.20. The molecule has 3 aromatic rings. The number of rotatable bonds is 3. The van der Waals surface area contributed by atoms with E-state index in [4.69, 9.17) is 0 Å². The summed E-state index contributed by atoms with van der Waals surface area (Å²) < 4.78 is 13.4. The average Bonchev–Trinajstić information content (AvgIpc) is 2.47. The third kappa shape index (κ3) is 2.97. The number of halogens is 1. The molecule has 1 atom stereocenters. The van der Waals surface area contributed by atoms with Gasteiger partial charge in [-0.1, -0.05) is 52.3 Å². The van der Waals surface area contributed by atoms with Gasteiger partial charge in [0.25, 0.3) is 0 Å². The molecule has 100 valence electrons. The van der Waals surface area contributed by atoms with Crippen LogP contribution in [0, 0.1) is 0 Å². The molecule has 0 fully saturated rings. The van der Waals surface area contributed by atoms with Crippen molar-refractivity contribution in [1.29, 1.82) is 0 Å². The minimum absolute atomic E-state index is 0.496. The van der Waals surface area contributed by atoms with Crippen molar-refractivity contribution >= 4 is 37.6 Å².